The molecule has 1 aliphatic heterocycles. The van der Waals surface area contributed by atoms with Crippen molar-refractivity contribution in [1.82, 2.24) is 14.7 Å². The van der Waals surface area contributed by atoms with Crippen LogP contribution in [-0.4, -0.2) is 38.7 Å². The van der Waals surface area contributed by atoms with Crippen LogP contribution in [-0.2, 0) is 4.79 Å². The number of likely N-dealkylation sites (tertiary alicyclic amines) is 1. The van der Waals surface area contributed by atoms with E-state index in [1.807, 2.05) is 38.7 Å². The molecule has 144 valence electrons. The molecule has 1 aliphatic rings. The average molecular weight is 409 g/mol. The van der Waals surface area contributed by atoms with Gasteiger partial charge in [-0.25, -0.2) is 0 Å². The normalized spacial score (nSPS) is 17.5. The lowest BCUT2D eigenvalue weighted by Crippen LogP contribution is -2.43. The summed E-state index contributed by atoms with van der Waals surface area (Å²) in [6, 6.07) is 5.12. The number of hydrogen-bond acceptors (Lipinski definition) is 4. The van der Waals surface area contributed by atoms with Crippen molar-refractivity contribution in [3.05, 3.63) is 50.4 Å². The maximum absolute atomic E-state index is 12.7. The second-order valence-electron chi connectivity index (χ2n) is 7.74. The van der Waals surface area contributed by atoms with Crippen LogP contribution in [0.2, 0.25) is 10.0 Å². The van der Waals surface area contributed by atoms with Gasteiger partial charge in [-0.2, -0.15) is 9.78 Å². The standard InChI is InChI=1S/C19H22Cl2N4O2/c1-11-5-6-13(8-14(11)20)25-18(27)17(21)15(9-22-25)23-12-7-16(26)24(10-12)19(2,3)4/h5-6,8-9,12,23H,7,10H2,1-4H3. The number of rotatable bonds is 3. The summed E-state index contributed by atoms with van der Waals surface area (Å²) in [6.45, 7) is 8.42. The third-order valence-electron chi connectivity index (χ3n) is 4.61. The van der Waals surface area contributed by atoms with Gasteiger partial charge in [-0.3, -0.25) is 9.59 Å². The Morgan fingerprint density at radius 1 is 1.22 bits per heavy atom. The van der Waals surface area contributed by atoms with E-state index in [9.17, 15) is 9.59 Å². The molecule has 1 aromatic carbocycles. The van der Waals surface area contributed by atoms with Gasteiger partial charge in [-0.15, -0.1) is 0 Å². The van der Waals surface area contributed by atoms with Crippen LogP contribution in [0.5, 0.6) is 0 Å². The topological polar surface area (TPSA) is 67.2 Å². The predicted molar refractivity (Wildman–Crippen MR) is 108 cm³/mol. The summed E-state index contributed by atoms with van der Waals surface area (Å²) in [6.07, 6.45) is 1.85. The summed E-state index contributed by atoms with van der Waals surface area (Å²) >= 11 is 12.4. The van der Waals surface area contributed by atoms with E-state index >= 15 is 0 Å². The molecule has 1 saturated heterocycles. The molecular weight excluding hydrogens is 387 g/mol. The zero-order chi connectivity index (χ0) is 19.9. The third-order valence-corrected chi connectivity index (χ3v) is 5.39. The first-order chi connectivity index (χ1) is 12.6. The number of aryl methyl sites for hydroxylation is 1. The molecule has 1 fully saturated rings. The molecule has 1 atom stereocenters. The van der Waals surface area contributed by atoms with Crippen molar-refractivity contribution in [2.75, 3.05) is 11.9 Å². The number of hydrogen-bond donors (Lipinski definition) is 1. The number of amides is 1. The first-order valence-corrected chi connectivity index (χ1v) is 9.45. The summed E-state index contributed by atoms with van der Waals surface area (Å²) in [5.41, 5.74) is 1.18. The molecule has 1 unspecified atom stereocenters. The van der Waals surface area contributed by atoms with Gasteiger partial charge < -0.3 is 10.2 Å². The van der Waals surface area contributed by atoms with Crippen molar-refractivity contribution < 1.29 is 4.79 Å². The van der Waals surface area contributed by atoms with Crippen molar-refractivity contribution in [2.24, 2.45) is 0 Å². The molecule has 8 heteroatoms. The van der Waals surface area contributed by atoms with Gasteiger partial charge >= 0.3 is 0 Å². The SMILES string of the molecule is Cc1ccc(-n2ncc(NC3CC(=O)N(C(C)(C)C)C3)c(Cl)c2=O)cc1Cl. The highest BCUT2D eigenvalue weighted by atomic mass is 35.5. The Kier molecular flexibility index (Phi) is 5.23. The van der Waals surface area contributed by atoms with Crippen molar-refractivity contribution in [3.63, 3.8) is 0 Å². The minimum atomic E-state index is -0.446. The number of carbonyl (C=O) groups excluding carboxylic acids is 1. The predicted octanol–water partition coefficient (Wildman–Crippen LogP) is 3.66. The van der Waals surface area contributed by atoms with E-state index in [1.165, 1.54) is 10.9 Å². The number of carbonyl (C=O) groups is 1. The van der Waals surface area contributed by atoms with Crippen LogP contribution in [0.25, 0.3) is 5.69 Å². The van der Waals surface area contributed by atoms with Gasteiger partial charge in [0.15, 0.2) is 0 Å². The monoisotopic (exact) mass is 408 g/mol. The number of aromatic nitrogens is 2. The van der Waals surface area contributed by atoms with Gasteiger partial charge in [0.05, 0.1) is 23.6 Å². The highest BCUT2D eigenvalue weighted by Crippen LogP contribution is 2.26. The van der Waals surface area contributed by atoms with Gasteiger partial charge in [-0.1, -0.05) is 29.3 Å². The summed E-state index contributed by atoms with van der Waals surface area (Å²) in [4.78, 5) is 26.7. The zero-order valence-electron chi connectivity index (χ0n) is 15.7. The van der Waals surface area contributed by atoms with E-state index in [4.69, 9.17) is 23.2 Å². The van der Waals surface area contributed by atoms with Crippen LogP contribution in [0.1, 0.15) is 32.8 Å². The molecule has 6 nitrogen and oxygen atoms in total. The molecule has 3 rings (SSSR count). The van der Waals surface area contributed by atoms with Crippen LogP contribution in [0.3, 0.4) is 0 Å². The maximum atomic E-state index is 12.7. The average Bonchev–Trinajstić information content (AvgIpc) is 2.96. The molecule has 27 heavy (non-hydrogen) atoms. The van der Waals surface area contributed by atoms with Gasteiger partial charge in [0.2, 0.25) is 5.91 Å². The number of nitrogens with one attached hydrogen (secondary N) is 1. The molecule has 0 radical (unpaired) electrons. The van der Waals surface area contributed by atoms with Gasteiger partial charge in [0.1, 0.15) is 5.02 Å². The highest BCUT2D eigenvalue weighted by Gasteiger charge is 2.36. The zero-order valence-corrected chi connectivity index (χ0v) is 17.2. The first-order valence-electron chi connectivity index (χ1n) is 8.69. The Bertz CT molecular complexity index is 950. The van der Waals surface area contributed by atoms with Crippen LogP contribution in [0.15, 0.2) is 29.2 Å². The molecule has 1 aromatic heterocycles. The maximum Gasteiger partial charge on any atom is 0.292 e. The lowest BCUT2D eigenvalue weighted by Gasteiger charge is -2.32. The number of halogens is 2. The summed E-state index contributed by atoms with van der Waals surface area (Å²) in [5, 5.41) is 7.97. The summed E-state index contributed by atoms with van der Waals surface area (Å²) in [5.74, 6) is 0.0757. The molecule has 2 aromatic rings. The van der Waals surface area contributed by atoms with Crippen molar-refractivity contribution in [1.29, 1.82) is 0 Å². The molecule has 2 heterocycles. The van der Waals surface area contributed by atoms with Crippen LogP contribution < -0.4 is 10.9 Å². The quantitative estimate of drug-likeness (QED) is 0.840. The van der Waals surface area contributed by atoms with E-state index in [-0.39, 0.29) is 22.5 Å². The summed E-state index contributed by atoms with van der Waals surface area (Å²) < 4.78 is 1.21. The number of benzene rings is 1. The van der Waals surface area contributed by atoms with Gasteiger partial charge in [0, 0.05) is 23.5 Å². The Morgan fingerprint density at radius 2 is 1.93 bits per heavy atom. The Labute approximate surface area is 168 Å². The van der Waals surface area contributed by atoms with E-state index < -0.39 is 5.56 Å². The smallest absolute Gasteiger partial charge is 0.292 e. The molecule has 0 bridgehead atoms. The van der Waals surface area contributed by atoms with Crippen LogP contribution >= 0.6 is 23.2 Å². The second kappa shape index (κ2) is 7.17. The number of nitrogens with zero attached hydrogens (tertiary/aromatic N) is 3. The van der Waals surface area contributed by atoms with Crippen molar-refractivity contribution in [3.8, 4) is 5.69 Å². The molecule has 1 N–H and O–H groups in total. The van der Waals surface area contributed by atoms with Crippen molar-refractivity contribution >= 4 is 34.8 Å². The molecular formula is C19H22Cl2N4O2. The fourth-order valence-corrected chi connectivity index (χ4v) is 3.46. The molecule has 0 spiro atoms. The van der Waals surface area contributed by atoms with E-state index in [2.05, 4.69) is 10.4 Å². The minimum Gasteiger partial charge on any atom is -0.377 e. The van der Waals surface area contributed by atoms with E-state index in [0.717, 1.165) is 5.56 Å². The minimum absolute atomic E-state index is 0.0309. The Hall–Kier alpha value is -2.05. The third kappa shape index (κ3) is 3.96. The molecule has 0 saturated carbocycles. The van der Waals surface area contributed by atoms with Gasteiger partial charge in [-0.05, 0) is 45.4 Å². The Morgan fingerprint density at radius 3 is 2.52 bits per heavy atom. The van der Waals surface area contributed by atoms with Crippen LogP contribution in [0.4, 0.5) is 5.69 Å². The fourth-order valence-electron chi connectivity index (χ4n) is 3.10. The summed E-state index contributed by atoms with van der Waals surface area (Å²) in [7, 11) is 0. The largest absolute Gasteiger partial charge is 0.377 e. The van der Waals surface area contributed by atoms with Crippen LogP contribution in [0, 0.1) is 6.92 Å². The van der Waals surface area contributed by atoms with E-state index in [0.29, 0.717) is 29.4 Å². The second-order valence-corrected chi connectivity index (χ2v) is 8.53. The lowest BCUT2D eigenvalue weighted by atomic mass is 10.1. The first kappa shape index (κ1) is 19.7. The van der Waals surface area contributed by atoms with Gasteiger partial charge in [0.25, 0.3) is 5.56 Å². The number of anilines is 1. The Balaban J connectivity index is 1.85. The lowest BCUT2D eigenvalue weighted by molar-refractivity contribution is -0.131. The fraction of sp³-hybridized carbons (Fsp3) is 0.421. The highest BCUT2D eigenvalue weighted by molar-refractivity contribution is 6.33. The van der Waals surface area contributed by atoms with Crippen molar-refractivity contribution in [2.45, 2.75) is 45.7 Å². The molecule has 0 aliphatic carbocycles. The van der Waals surface area contributed by atoms with E-state index in [1.54, 1.807) is 12.1 Å². The molecule has 1 amide bonds.